The molecule has 2 unspecified atom stereocenters. The highest BCUT2D eigenvalue weighted by atomic mass is 16.6. The van der Waals surface area contributed by atoms with Crippen molar-refractivity contribution in [1.29, 1.82) is 0 Å². The summed E-state index contributed by atoms with van der Waals surface area (Å²) < 4.78 is 16.3. The predicted octanol–water partition coefficient (Wildman–Crippen LogP) is -6.45. The number of guanidine groups is 1. The zero-order chi connectivity index (χ0) is 107. The van der Waals surface area contributed by atoms with E-state index < -0.39 is 213 Å². The average molecular weight is 2060 g/mol. The summed E-state index contributed by atoms with van der Waals surface area (Å²) in [5.74, 6) is -11.2. The zero-order valence-corrected chi connectivity index (χ0v) is 83.6. The third-order valence-electron chi connectivity index (χ3n) is 24.6. The molecule has 51 heteroatoms. The number of nitrogens with zero attached hydrogens (tertiary/aromatic N) is 4. The Kier molecular flexibility index (Phi) is 57.6. The number of aromatic amines is 1. The lowest BCUT2D eigenvalue weighted by Crippen LogP contribution is -2.60. The van der Waals surface area contributed by atoms with Crippen LogP contribution in [0.5, 0.6) is 0 Å². The number of primary amides is 2. The maximum Gasteiger partial charge on any atom is 0.246 e. The van der Waals surface area contributed by atoms with Gasteiger partial charge in [-0.15, -0.1) is 10.6 Å². The molecule has 51 nitrogen and oxygen atoms in total. The van der Waals surface area contributed by atoms with Crippen LogP contribution >= 0.6 is 0 Å². The van der Waals surface area contributed by atoms with Gasteiger partial charge in [0.25, 0.3) is 0 Å². The van der Waals surface area contributed by atoms with Gasteiger partial charge in [-0.05, 0) is 94.2 Å². The fraction of sp³-hybridized carbons (Fsp3) is 0.663. The molecule has 1 aromatic heterocycles. The third kappa shape index (κ3) is 47.8. The van der Waals surface area contributed by atoms with Gasteiger partial charge in [0.15, 0.2) is 18.5 Å². The summed E-state index contributed by atoms with van der Waals surface area (Å²) in [7, 11) is 1.38. The molecule has 3 saturated heterocycles. The number of morpholine rings is 1. The fourth-order valence-corrected chi connectivity index (χ4v) is 16.7. The van der Waals surface area contributed by atoms with Crippen LogP contribution in [0.1, 0.15) is 211 Å². The number of carbonyl (C=O) groups excluding carboxylic acids is 16. The van der Waals surface area contributed by atoms with E-state index in [-0.39, 0.29) is 147 Å². The average Bonchev–Trinajstić information content (AvgIpc) is 1.68. The number of rotatable bonds is 58. The fourth-order valence-electron chi connectivity index (χ4n) is 16.7. The van der Waals surface area contributed by atoms with Crippen LogP contribution in [0, 0.1) is 0 Å². The Labute approximate surface area is 848 Å². The first kappa shape index (κ1) is 122. The van der Waals surface area contributed by atoms with Gasteiger partial charge in [0.1, 0.15) is 72.9 Å². The number of nitrogens with one attached hydrogen (secondary N) is 17. The van der Waals surface area contributed by atoms with Crippen molar-refractivity contribution in [2.45, 2.75) is 304 Å². The number of hydrazine groups is 2. The summed E-state index contributed by atoms with van der Waals surface area (Å²) in [5, 5.41) is 98.1. The van der Waals surface area contributed by atoms with Gasteiger partial charge in [0.2, 0.25) is 94.5 Å². The number of H-pyrrole nitrogens is 1. The summed E-state index contributed by atoms with van der Waals surface area (Å²) in [4.78, 5) is 222. The quantitative estimate of drug-likeness (QED) is 0.0108. The van der Waals surface area contributed by atoms with Crippen LogP contribution in [-0.2, 0) is 104 Å². The number of fused-ring (bicyclic) bond motifs is 2. The number of benzene rings is 2. The lowest BCUT2D eigenvalue weighted by Gasteiger charge is -2.36. The van der Waals surface area contributed by atoms with Gasteiger partial charge >= 0.3 is 0 Å². The minimum atomic E-state index is -1.78. The Morgan fingerprint density at radius 3 is 1.83 bits per heavy atom. The van der Waals surface area contributed by atoms with E-state index in [0.29, 0.717) is 49.8 Å². The molecule has 14 atom stereocenters. The number of hydrogen-bond donors (Lipinski definition) is 28. The lowest BCUT2D eigenvalue weighted by molar-refractivity contribution is -0.195. The Balaban J connectivity index is 0.000000465. The molecule has 5 heterocycles. The number of hydrazone groups is 1. The van der Waals surface area contributed by atoms with E-state index in [4.69, 9.17) is 42.9 Å². The summed E-state index contributed by atoms with van der Waals surface area (Å²) in [6, 6.07) is 1.28. The standard InChI is InChI=1S/C53H98N14O17.C42H58N12O8/c1-3-4-18-37(49(77)55-2)59-50(78)38(22-21-36-30-67(31-47(74)75)32-48(76)84-36)60-53(81)41(34-69)62-51(79)39(23-24-42(54)70)61-52(80)40(33-68)58-45(72)29-57-46(73)35-83-28-27-82-26-25-56-44(71)20-17-15-13-11-9-7-5-6-8-10-12-14-16-19-43-63-65-66-64-43;43-28-15-16-35(56)47-17-7-6-13-30(36(44)57)50-39(60)33(20-25-22-49-29-12-5-4-11-27(25)29)52-37(58)31(14-8-18-48-42(45)46)51-38(59)32(19-24-9-2-1-3-10-24)53-40(61)34-21-26(55)23-54(34)41(28)62/h36-41,47-48,65-66,68-69,74-76H,3-35H2,1-2H3,(H2,54,70)(H,55,77)(H,56,71)(H,57,73)(H,58,72)(H,59,78)(H,60,81)(H,61,80)(H,62,79)(H,63,64);1-5,9-12,22,26,28,30-34,49,55H,6-8,13-21,23,43H2,(H2,44,57)(H,47,56)(H,50,60)(H,51,59)(H,52,58)(H,53,61)(H4,45,46,48)/t36?,37-,38-,39-,40-,41-,48?;26-,28+,30+,31+,32-,33+,34+/m01/s1. The molecule has 0 aliphatic carbocycles. The minimum absolute atomic E-state index is 0.00276. The van der Waals surface area contributed by atoms with E-state index in [1.54, 1.807) is 36.5 Å². The number of nitrogens with two attached hydrogens (primary N) is 5. The van der Waals surface area contributed by atoms with Gasteiger partial charge in [-0.3, -0.25) is 92.0 Å². The number of ether oxygens (including phenoxy) is 3. The van der Waals surface area contributed by atoms with Gasteiger partial charge in [0.05, 0.1) is 57.8 Å². The smallest absolute Gasteiger partial charge is 0.246 e. The van der Waals surface area contributed by atoms with E-state index >= 15 is 0 Å². The molecule has 7 rings (SSSR count). The molecule has 4 aliphatic rings. The Morgan fingerprint density at radius 1 is 0.596 bits per heavy atom. The van der Waals surface area contributed by atoms with Crippen molar-refractivity contribution in [1.82, 2.24) is 100 Å². The zero-order valence-electron chi connectivity index (χ0n) is 83.6. The minimum Gasteiger partial charge on any atom is -0.394 e. The first-order valence-electron chi connectivity index (χ1n) is 50.4. The second kappa shape index (κ2) is 68.8. The summed E-state index contributed by atoms with van der Waals surface area (Å²) in [5.41, 5.74) is 38.9. The molecular formula is C95H156N26O25. The summed E-state index contributed by atoms with van der Waals surface area (Å²) >= 11 is 0. The number of likely N-dealkylation sites (N-methyl/N-ethyl adjacent to an activating group) is 1. The highest BCUT2D eigenvalue weighted by Gasteiger charge is 2.43. The Morgan fingerprint density at radius 2 is 1.19 bits per heavy atom. The number of amides is 16. The maximum atomic E-state index is 14.4. The summed E-state index contributed by atoms with van der Waals surface area (Å²) in [6.07, 6.45) is 14.8. The number of para-hydroxylation sites is 1. The van der Waals surface area contributed by atoms with Gasteiger partial charge in [-0.2, -0.15) is 0 Å². The van der Waals surface area contributed by atoms with Crippen molar-refractivity contribution in [2.24, 2.45) is 38.8 Å². The second-order valence-corrected chi connectivity index (χ2v) is 36.5. The molecule has 0 radical (unpaired) electrons. The van der Waals surface area contributed by atoms with Crippen molar-refractivity contribution < 1.29 is 122 Å². The number of aliphatic hydroxyl groups excluding tert-OH is 5. The van der Waals surface area contributed by atoms with Crippen LogP contribution in [-0.4, -0.2) is 342 Å². The maximum absolute atomic E-state index is 14.4. The molecular weight excluding hydrogens is 1910 g/mol. The van der Waals surface area contributed by atoms with Crippen LogP contribution in [0.4, 0.5) is 0 Å². The van der Waals surface area contributed by atoms with Crippen LogP contribution < -0.4 is 114 Å². The van der Waals surface area contributed by atoms with Crippen molar-refractivity contribution in [3.8, 4) is 0 Å². The van der Waals surface area contributed by atoms with Crippen molar-refractivity contribution in [2.75, 3.05) is 99.0 Å². The molecule has 0 saturated carbocycles. The number of hydrogen-bond acceptors (Lipinski definition) is 32. The van der Waals surface area contributed by atoms with Crippen LogP contribution in [0.25, 0.3) is 10.9 Å². The number of unbranched alkanes of at least 4 members (excludes halogenated alkanes) is 13. The Hall–Kier alpha value is -12.4. The first-order chi connectivity index (χ1) is 70.1. The van der Waals surface area contributed by atoms with Crippen LogP contribution in [0.15, 0.2) is 70.9 Å². The highest BCUT2D eigenvalue weighted by molar-refractivity contribution is 6.00. The first-order valence-corrected chi connectivity index (χ1v) is 50.4. The molecule has 16 amide bonds. The topological polar surface area (TPSA) is 792 Å². The van der Waals surface area contributed by atoms with Gasteiger partial charge in [0, 0.05) is 115 Å². The molecule has 3 fully saturated rings. The number of aliphatic imine (C=N–C) groups is 1. The number of amidine groups is 1. The van der Waals surface area contributed by atoms with Crippen LogP contribution in [0.2, 0.25) is 0 Å². The molecule has 146 heavy (non-hydrogen) atoms. The van der Waals surface area contributed by atoms with E-state index in [9.17, 15) is 107 Å². The predicted molar refractivity (Wildman–Crippen MR) is 534 cm³/mol. The molecule has 2 aromatic carbocycles. The molecule has 0 spiro atoms. The normalized spacial score (nSPS) is 20.4. The van der Waals surface area contributed by atoms with Crippen molar-refractivity contribution >= 4 is 117 Å². The van der Waals surface area contributed by atoms with E-state index in [1.807, 2.05) is 31.2 Å². The van der Waals surface area contributed by atoms with Gasteiger partial charge in [-0.25, -0.2) is 5.53 Å². The van der Waals surface area contributed by atoms with E-state index in [1.165, 1.54) is 69.7 Å². The molecule has 4 aliphatic heterocycles. The number of aliphatic hydroxyl groups is 6. The van der Waals surface area contributed by atoms with Crippen LogP contribution in [0.3, 0.4) is 0 Å². The molecule has 816 valence electrons. The third-order valence-corrected chi connectivity index (χ3v) is 24.6. The van der Waals surface area contributed by atoms with E-state index in [0.717, 1.165) is 53.7 Å². The Bertz CT molecular complexity index is 4650. The van der Waals surface area contributed by atoms with Gasteiger partial charge in [-0.1, -0.05) is 139 Å². The number of β-amino-alcohol motifs (C(OH)–C–C–N with tert-alkyl or cyclic N) is 3. The second-order valence-electron chi connectivity index (χ2n) is 36.5. The SMILES string of the molecule is CCCC[C@H](NC(=O)[C@H](CCC1CN(CC(O)O)CC(O)O1)NC(=O)[C@H](CO)NC(=O)[C@H](CCC(N)=O)NC(=O)[C@H](CO)NC(=O)CNC(=O)COCCOCCNC(=O)CCCCCCCCCCCCCCCC1=NNNN1)C(=O)NC.NC(=O)[C@@H]1CCCCNC(=O)CC[C@H](N)C(=O)N2C[C@H](O)C[C@H]2C(=O)N[C@H](Cc2ccccc2)C(=O)N[C@@H](CCCN=C(N)N)C(=O)N[C@@H](Cc2c[nH]c3ccccc23)C(=O)N1. The monoisotopic (exact) mass is 2060 g/mol. The van der Waals surface area contributed by atoms with E-state index in [2.05, 4.69) is 101 Å². The summed E-state index contributed by atoms with van der Waals surface area (Å²) in [6.45, 7) is -0.558. The molecule has 0 bridgehead atoms. The van der Waals surface area contributed by atoms with Crippen molar-refractivity contribution in [3.05, 3.63) is 71.9 Å². The van der Waals surface area contributed by atoms with Gasteiger partial charge < -0.3 is 153 Å². The largest absolute Gasteiger partial charge is 0.394 e. The molecule has 33 N–H and O–H groups in total. The molecule has 3 aromatic rings. The highest BCUT2D eigenvalue weighted by Crippen LogP contribution is 2.25. The lowest BCUT2D eigenvalue weighted by atomic mass is 10.0. The van der Waals surface area contributed by atoms with Crippen molar-refractivity contribution in [3.63, 3.8) is 0 Å². The number of carbonyl (C=O) groups is 16. The number of aromatic nitrogens is 1.